The van der Waals surface area contributed by atoms with Gasteiger partial charge in [-0.25, -0.2) is 4.99 Å². The van der Waals surface area contributed by atoms with E-state index in [1.54, 1.807) is 6.26 Å². The van der Waals surface area contributed by atoms with Crippen LogP contribution in [0.3, 0.4) is 0 Å². The third-order valence-electron chi connectivity index (χ3n) is 4.40. The van der Waals surface area contributed by atoms with Crippen LogP contribution in [0, 0.1) is 0 Å². The summed E-state index contributed by atoms with van der Waals surface area (Å²) in [7, 11) is 0. The van der Waals surface area contributed by atoms with E-state index in [0.29, 0.717) is 6.54 Å². The lowest BCUT2D eigenvalue weighted by Crippen LogP contribution is -2.38. The van der Waals surface area contributed by atoms with Crippen LogP contribution < -0.4 is 10.6 Å². The number of furan rings is 1. The minimum absolute atomic E-state index is 0.674. The molecule has 142 valence electrons. The molecular weight excluding hydrogens is 324 g/mol. The quantitative estimate of drug-likeness (QED) is 0.506. The van der Waals surface area contributed by atoms with Gasteiger partial charge in [-0.1, -0.05) is 38.1 Å². The molecule has 0 unspecified atom stereocenters. The van der Waals surface area contributed by atoms with Gasteiger partial charge in [-0.3, -0.25) is 4.90 Å². The van der Waals surface area contributed by atoms with Crippen molar-refractivity contribution in [3.8, 4) is 0 Å². The topological polar surface area (TPSA) is 52.8 Å². The molecule has 5 heteroatoms. The zero-order valence-electron chi connectivity index (χ0n) is 16.3. The largest absolute Gasteiger partial charge is 0.469 e. The fourth-order valence-corrected chi connectivity index (χ4v) is 2.82. The average molecular weight is 357 g/mol. The summed E-state index contributed by atoms with van der Waals surface area (Å²) in [6.07, 6.45) is 2.55. The van der Waals surface area contributed by atoms with Crippen molar-refractivity contribution < 1.29 is 4.42 Å². The van der Waals surface area contributed by atoms with Crippen molar-refractivity contribution in [2.75, 3.05) is 26.2 Å². The second-order valence-corrected chi connectivity index (χ2v) is 6.18. The van der Waals surface area contributed by atoms with Gasteiger partial charge in [0, 0.05) is 26.1 Å². The number of hydrogen-bond acceptors (Lipinski definition) is 3. The lowest BCUT2D eigenvalue weighted by Gasteiger charge is -2.20. The number of aliphatic imine (C=N–C) groups is 1. The molecule has 0 fully saturated rings. The van der Waals surface area contributed by atoms with Crippen LogP contribution in [0.25, 0.3) is 0 Å². The first kappa shape index (κ1) is 20.0. The summed E-state index contributed by atoms with van der Waals surface area (Å²) in [4.78, 5) is 7.19. The third kappa shape index (κ3) is 6.56. The van der Waals surface area contributed by atoms with E-state index in [-0.39, 0.29) is 0 Å². The standard InChI is InChI=1S/C21H32N4O/c1-4-22-21(23-14-13-20-12-9-15-26-20)24-16-18-10-7-8-11-19(18)17-25(5-2)6-3/h7-12,15H,4-6,13-14,16-17H2,1-3H3,(H2,22,23,24). The molecule has 26 heavy (non-hydrogen) atoms. The molecule has 0 atom stereocenters. The highest BCUT2D eigenvalue weighted by Gasteiger charge is 2.06. The van der Waals surface area contributed by atoms with Crippen LogP contribution in [-0.2, 0) is 19.5 Å². The van der Waals surface area contributed by atoms with E-state index in [1.165, 1.54) is 11.1 Å². The lowest BCUT2D eigenvalue weighted by molar-refractivity contribution is 0.295. The number of nitrogens with one attached hydrogen (secondary N) is 2. The molecule has 0 bridgehead atoms. The van der Waals surface area contributed by atoms with Crippen molar-refractivity contribution in [1.82, 2.24) is 15.5 Å². The maximum Gasteiger partial charge on any atom is 0.191 e. The van der Waals surface area contributed by atoms with Gasteiger partial charge in [-0.15, -0.1) is 0 Å². The Morgan fingerprint density at radius 1 is 1.00 bits per heavy atom. The predicted molar refractivity (Wildman–Crippen MR) is 108 cm³/mol. The van der Waals surface area contributed by atoms with E-state index >= 15 is 0 Å². The molecule has 2 rings (SSSR count). The Balaban J connectivity index is 1.97. The highest BCUT2D eigenvalue weighted by Crippen LogP contribution is 2.13. The van der Waals surface area contributed by atoms with Gasteiger partial charge in [0.05, 0.1) is 12.8 Å². The van der Waals surface area contributed by atoms with Crippen molar-refractivity contribution in [2.45, 2.75) is 40.3 Å². The monoisotopic (exact) mass is 356 g/mol. The molecule has 2 N–H and O–H groups in total. The van der Waals surface area contributed by atoms with E-state index in [1.807, 2.05) is 12.1 Å². The van der Waals surface area contributed by atoms with E-state index in [0.717, 1.165) is 50.9 Å². The van der Waals surface area contributed by atoms with E-state index in [9.17, 15) is 0 Å². The van der Waals surface area contributed by atoms with Gasteiger partial charge in [-0.05, 0) is 43.3 Å². The normalized spacial score (nSPS) is 11.8. The number of nitrogens with zero attached hydrogens (tertiary/aromatic N) is 2. The van der Waals surface area contributed by atoms with Crippen LogP contribution in [0.5, 0.6) is 0 Å². The minimum Gasteiger partial charge on any atom is -0.469 e. The summed E-state index contributed by atoms with van der Waals surface area (Å²) < 4.78 is 5.37. The first-order chi connectivity index (χ1) is 12.8. The van der Waals surface area contributed by atoms with Crippen LogP contribution in [0.15, 0.2) is 52.1 Å². The molecule has 1 heterocycles. The van der Waals surface area contributed by atoms with Crippen molar-refractivity contribution in [3.63, 3.8) is 0 Å². The second kappa shape index (κ2) is 11.4. The second-order valence-electron chi connectivity index (χ2n) is 6.18. The maximum atomic E-state index is 5.37. The lowest BCUT2D eigenvalue weighted by atomic mass is 10.1. The Hall–Kier alpha value is -2.27. The molecule has 5 nitrogen and oxygen atoms in total. The average Bonchev–Trinajstić information content (AvgIpc) is 3.18. The summed E-state index contributed by atoms with van der Waals surface area (Å²) in [5, 5.41) is 6.69. The highest BCUT2D eigenvalue weighted by molar-refractivity contribution is 5.79. The number of guanidine groups is 1. The molecule has 1 aromatic heterocycles. The Morgan fingerprint density at radius 2 is 1.77 bits per heavy atom. The van der Waals surface area contributed by atoms with Crippen molar-refractivity contribution in [2.24, 2.45) is 4.99 Å². The molecule has 2 aromatic rings. The molecule has 0 radical (unpaired) electrons. The third-order valence-corrected chi connectivity index (χ3v) is 4.40. The Labute approximate surface area is 157 Å². The van der Waals surface area contributed by atoms with Gasteiger partial charge in [-0.2, -0.15) is 0 Å². The highest BCUT2D eigenvalue weighted by atomic mass is 16.3. The molecule has 0 spiro atoms. The Kier molecular flexibility index (Phi) is 8.76. The van der Waals surface area contributed by atoms with Crippen LogP contribution in [0.4, 0.5) is 0 Å². The molecule has 1 aromatic carbocycles. The van der Waals surface area contributed by atoms with Gasteiger partial charge in [0.25, 0.3) is 0 Å². The first-order valence-corrected chi connectivity index (χ1v) is 9.60. The van der Waals surface area contributed by atoms with Crippen LogP contribution >= 0.6 is 0 Å². The van der Waals surface area contributed by atoms with E-state index in [2.05, 4.69) is 60.6 Å². The summed E-state index contributed by atoms with van der Waals surface area (Å²) in [6.45, 7) is 11.9. The van der Waals surface area contributed by atoms with Crippen molar-refractivity contribution in [3.05, 3.63) is 59.5 Å². The molecule has 0 saturated heterocycles. The SMILES string of the molecule is CCNC(=NCc1ccccc1CN(CC)CC)NCCc1ccco1. The number of rotatable bonds is 10. The van der Waals surface area contributed by atoms with Gasteiger partial charge >= 0.3 is 0 Å². The van der Waals surface area contributed by atoms with Crippen molar-refractivity contribution >= 4 is 5.96 Å². The summed E-state index contributed by atoms with van der Waals surface area (Å²) in [6, 6.07) is 12.5. The first-order valence-electron chi connectivity index (χ1n) is 9.60. The van der Waals surface area contributed by atoms with E-state index in [4.69, 9.17) is 9.41 Å². The van der Waals surface area contributed by atoms with Crippen LogP contribution in [0.2, 0.25) is 0 Å². The fourth-order valence-electron chi connectivity index (χ4n) is 2.82. The van der Waals surface area contributed by atoms with Gasteiger partial charge in [0.1, 0.15) is 5.76 Å². The van der Waals surface area contributed by atoms with Gasteiger partial charge in [0.15, 0.2) is 5.96 Å². The van der Waals surface area contributed by atoms with Gasteiger partial charge < -0.3 is 15.1 Å². The molecule has 0 aliphatic rings. The summed E-state index contributed by atoms with van der Waals surface area (Å²) in [5.74, 6) is 1.83. The Morgan fingerprint density at radius 3 is 2.42 bits per heavy atom. The zero-order chi connectivity index (χ0) is 18.6. The van der Waals surface area contributed by atoms with Crippen LogP contribution in [-0.4, -0.2) is 37.0 Å². The number of benzene rings is 1. The molecule has 0 aliphatic heterocycles. The zero-order valence-corrected chi connectivity index (χ0v) is 16.3. The fraction of sp³-hybridized carbons (Fsp3) is 0.476. The molecular formula is C21H32N4O. The van der Waals surface area contributed by atoms with Crippen molar-refractivity contribution in [1.29, 1.82) is 0 Å². The number of hydrogen-bond donors (Lipinski definition) is 2. The Bertz CT molecular complexity index is 648. The molecule has 0 amide bonds. The summed E-state index contributed by atoms with van der Waals surface area (Å²) in [5.41, 5.74) is 2.63. The smallest absolute Gasteiger partial charge is 0.191 e. The molecule has 0 saturated carbocycles. The summed E-state index contributed by atoms with van der Waals surface area (Å²) >= 11 is 0. The van der Waals surface area contributed by atoms with Gasteiger partial charge in [0.2, 0.25) is 0 Å². The minimum atomic E-state index is 0.674. The van der Waals surface area contributed by atoms with Crippen LogP contribution in [0.1, 0.15) is 37.7 Å². The molecule has 0 aliphatic carbocycles. The van der Waals surface area contributed by atoms with E-state index < -0.39 is 0 Å². The predicted octanol–water partition coefficient (Wildman–Crippen LogP) is 3.42. The maximum absolute atomic E-state index is 5.37.